The zero-order valence-electron chi connectivity index (χ0n) is 18.3. The topological polar surface area (TPSA) is 116 Å². The minimum absolute atomic E-state index is 0.0759. The van der Waals surface area contributed by atoms with Crippen LogP contribution in [0, 0.1) is 17.8 Å². The van der Waals surface area contributed by atoms with Crippen LogP contribution in [0.2, 0.25) is 0 Å². The molecule has 8 heteroatoms. The summed E-state index contributed by atoms with van der Waals surface area (Å²) in [6.07, 6.45) is 7.21. The smallest absolute Gasteiger partial charge is 0.309 e. The molecule has 3 saturated carbocycles. The summed E-state index contributed by atoms with van der Waals surface area (Å²) in [4.78, 5) is 47.1. The number of hydrogen-bond acceptors (Lipinski definition) is 7. The summed E-state index contributed by atoms with van der Waals surface area (Å²) in [5.41, 5.74) is 0. The van der Waals surface area contributed by atoms with Crippen LogP contribution >= 0.6 is 0 Å². The fraction of sp³-hybridized carbons (Fsp3) is 0.826. The fourth-order valence-corrected chi connectivity index (χ4v) is 5.02. The summed E-state index contributed by atoms with van der Waals surface area (Å²) in [6, 6.07) is 0. The van der Waals surface area contributed by atoms with Crippen molar-refractivity contribution in [2.24, 2.45) is 17.8 Å². The van der Waals surface area contributed by atoms with Crippen molar-refractivity contribution in [3.8, 4) is 0 Å². The van der Waals surface area contributed by atoms with E-state index in [0.29, 0.717) is 77.0 Å². The van der Waals surface area contributed by atoms with E-state index < -0.39 is 5.97 Å². The number of carbonyl (C=O) groups is 4. The lowest BCUT2D eigenvalue weighted by Crippen LogP contribution is -2.34. The second-order valence-electron chi connectivity index (χ2n) is 9.24. The van der Waals surface area contributed by atoms with Gasteiger partial charge in [-0.05, 0) is 77.0 Å². The Kier molecular flexibility index (Phi) is 8.32. The summed E-state index contributed by atoms with van der Waals surface area (Å²) in [5.74, 6) is -2.14. The molecule has 0 bridgehead atoms. The molecule has 174 valence electrons. The van der Waals surface area contributed by atoms with Gasteiger partial charge in [0.25, 0.3) is 0 Å². The number of esters is 3. The number of ether oxygens (including phenoxy) is 3. The molecule has 3 aliphatic carbocycles. The molecule has 0 spiro atoms. The molecule has 0 saturated heterocycles. The molecule has 0 unspecified atom stereocenters. The highest BCUT2D eigenvalue weighted by Gasteiger charge is 2.35. The number of carbonyl (C=O) groups excluding carboxylic acids is 3. The van der Waals surface area contributed by atoms with Gasteiger partial charge in [0.2, 0.25) is 0 Å². The average Bonchev–Trinajstić information content (AvgIpc) is 2.75. The number of hydrogen-bond donors (Lipinski definition) is 1. The van der Waals surface area contributed by atoms with Crippen LogP contribution in [-0.2, 0) is 33.4 Å². The molecule has 0 atom stereocenters. The lowest BCUT2D eigenvalue weighted by Gasteiger charge is -2.32. The van der Waals surface area contributed by atoms with E-state index in [4.69, 9.17) is 19.3 Å². The maximum Gasteiger partial charge on any atom is 0.309 e. The van der Waals surface area contributed by atoms with E-state index in [9.17, 15) is 19.2 Å². The first-order valence-electron chi connectivity index (χ1n) is 11.6. The van der Waals surface area contributed by atoms with Gasteiger partial charge in [-0.15, -0.1) is 0 Å². The van der Waals surface area contributed by atoms with E-state index in [1.54, 1.807) is 0 Å². The second-order valence-corrected chi connectivity index (χ2v) is 9.24. The summed E-state index contributed by atoms with van der Waals surface area (Å²) in [6.45, 7) is 1.40. The molecule has 3 aliphatic rings. The largest absolute Gasteiger partial charge is 0.481 e. The molecule has 0 aromatic rings. The second kappa shape index (κ2) is 11.0. The predicted octanol–water partition coefficient (Wildman–Crippen LogP) is 3.40. The van der Waals surface area contributed by atoms with Crippen LogP contribution in [0.3, 0.4) is 0 Å². The first kappa shape index (κ1) is 23.5. The third-order valence-corrected chi connectivity index (χ3v) is 6.94. The Balaban J connectivity index is 1.34. The van der Waals surface area contributed by atoms with Gasteiger partial charge in [0.15, 0.2) is 0 Å². The van der Waals surface area contributed by atoms with E-state index in [0.717, 1.165) is 0 Å². The van der Waals surface area contributed by atoms with E-state index >= 15 is 0 Å². The van der Waals surface area contributed by atoms with Crippen molar-refractivity contribution in [3.05, 3.63) is 0 Å². The molecule has 8 nitrogen and oxygen atoms in total. The van der Waals surface area contributed by atoms with Gasteiger partial charge in [-0.25, -0.2) is 0 Å². The molecule has 1 N–H and O–H groups in total. The summed E-state index contributed by atoms with van der Waals surface area (Å²) >= 11 is 0. The quantitative estimate of drug-likeness (QED) is 0.495. The fourth-order valence-electron chi connectivity index (χ4n) is 5.02. The molecule has 31 heavy (non-hydrogen) atoms. The summed E-state index contributed by atoms with van der Waals surface area (Å²) < 4.78 is 16.5. The van der Waals surface area contributed by atoms with Crippen molar-refractivity contribution < 1.29 is 38.5 Å². The van der Waals surface area contributed by atoms with Crippen LogP contribution in [0.4, 0.5) is 0 Å². The van der Waals surface area contributed by atoms with Gasteiger partial charge in [-0.3, -0.25) is 19.2 Å². The molecule has 0 aliphatic heterocycles. The molecule has 0 aromatic heterocycles. The molecule has 3 fully saturated rings. The van der Waals surface area contributed by atoms with Crippen LogP contribution in [0.1, 0.15) is 84.0 Å². The van der Waals surface area contributed by atoms with Crippen molar-refractivity contribution in [1.29, 1.82) is 0 Å². The van der Waals surface area contributed by atoms with Crippen LogP contribution in [0.25, 0.3) is 0 Å². The lowest BCUT2D eigenvalue weighted by molar-refractivity contribution is -0.164. The van der Waals surface area contributed by atoms with E-state index in [-0.39, 0.29) is 54.0 Å². The SMILES string of the molecule is CC(=O)OC1CCC(OC(=O)C2CCC(C(=O)OC3CCC(C(=O)O)CC3)CC2)CC1. The van der Waals surface area contributed by atoms with Gasteiger partial charge < -0.3 is 19.3 Å². The highest BCUT2D eigenvalue weighted by Crippen LogP contribution is 2.34. The Hall–Kier alpha value is -2.12. The van der Waals surface area contributed by atoms with Gasteiger partial charge in [0.1, 0.15) is 18.3 Å². The Labute approximate surface area is 183 Å². The Morgan fingerprint density at radius 1 is 0.548 bits per heavy atom. The minimum Gasteiger partial charge on any atom is -0.481 e. The van der Waals surface area contributed by atoms with E-state index in [2.05, 4.69) is 0 Å². The number of carboxylic acid groups (broad SMARTS) is 1. The van der Waals surface area contributed by atoms with Crippen molar-refractivity contribution in [1.82, 2.24) is 0 Å². The maximum atomic E-state index is 12.5. The molecule has 0 amide bonds. The number of aliphatic carboxylic acids is 1. The standard InChI is InChI=1S/C23H34O8/c1-14(24)29-18-10-12-20(13-11-18)31-23(28)17-4-2-16(3-5-17)22(27)30-19-8-6-15(7-9-19)21(25)26/h15-20H,2-13H2,1H3,(H,25,26). The highest BCUT2D eigenvalue weighted by molar-refractivity contribution is 5.75. The third-order valence-electron chi connectivity index (χ3n) is 6.94. The van der Waals surface area contributed by atoms with Crippen molar-refractivity contribution in [3.63, 3.8) is 0 Å². The first-order valence-corrected chi connectivity index (χ1v) is 11.6. The van der Waals surface area contributed by atoms with Crippen LogP contribution in [0.5, 0.6) is 0 Å². The van der Waals surface area contributed by atoms with Gasteiger partial charge in [0.05, 0.1) is 17.8 Å². The van der Waals surface area contributed by atoms with Gasteiger partial charge in [0, 0.05) is 6.92 Å². The minimum atomic E-state index is -0.771. The third kappa shape index (κ3) is 6.94. The molecule has 3 rings (SSSR count). The Morgan fingerprint density at radius 3 is 1.23 bits per heavy atom. The highest BCUT2D eigenvalue weighted by atomic mass is 16.6. The first-order chi connectivity index (χ1) is 14.8. The van der Waals surface area contributed by atoms with Crippen LogP contribution < -0.4 is 0 Å². The molecule has 0 heterocycles. The molecular formula is C23H34O8. The zero-order chi connectivity index (χ0) is 22.4. The number of rotatable bonds is 6. The number of carboxylic acids is 1. The van der Waals surface area contributed by atoms with Gasteiger partial charge in [-0.1, -0.05) is 0 Å². The van der Waals surface area contributed by atoms with E-state index in [1.807, 2.05) is 0 Å². The average molecular weight is 439 g/mol. The van der Waals surface area contributed by atoms with E-state index in [1.165, 1.54) is 6.92 Å². The summed E-state index contributed by atoms with van der Waals surface area (Å²) in [5, 5.41) is 9.06. The van der Waals surface area contributed by atoms with Crippen molar-refractivity contribution in [2.75, 3.05) is 0 Å². The maximum absolute atomic E-state index is 12.5. The lowest BCUT2D eigenvalue weighted by atomic mass is 9.81. The monoisotopic (exact) mass is 438 g/mol. The zero-order valence-corrected chi connectivity index (χ0v) is 18.3. The van der Waals surface area contributed by atoms with Gasteiger partial charge >= 0.3 is 23.9 Å². The molecular weight excluding hydrogens is 404 g/mol. The van der Waals surface area contributed by atoms with Crippen LogP contribution in [-0.4, -0.2) is 47.3 Å². The molecule has 0 aromatic carbocycles. The normalized spacial score (nSPS) is 33.7. The van der Waals surface area contributed by atoms with Gasteiger partial charge in [-0.2, -0.15) is 0 Å². The Morgan fingerprint density at radius 2 is 0.871 bits per heavy atom. The van der Waals surface area contributed by atoms with Crippen molar-refractivity contribution >= 4 is 23.9 Å². The van der Waals surface area contributed by atoms with Crippen molar-refractivity contribution in [2.45, 2.75) is 102 Å². The molecule has 0 radical (unpaired) electrons. The summed E-state index contributed by atoms with van der Waals surface area (Å²) in [7, 11) is 0. The predicted molar refractivity (Wildman–Crippen MR) is 109 cm³/mol. The Bertz CT molecular complexity index is 650. The van der Waals surface area contributed by atoms with Crippen LogP contribution in [0.15, 0.2) is 0 Å².